The number of benzene rings is 1. The molecule has 0 bridgehead atoms. The summed E-state index contributed by atoms with van der Waals surface area (Å²) in [6.45, 7) is 1.98. The maximum atomic E-state index is 12.9. The topological polar surface area (TPSA) is 58.9 Å². The lowest BCUT2D eigenvalue weighted by molar-refractivity contribution is -0.120. The Morgan fingerprint density at radius 2 is 2.24 bits per heavy atom. The van der Waals surface area contributed by atoms with Crippen LogP contribution in [0.2, 0.25) is 0 Å². The molecule has 2 unspecified atom stereocenters. The van der Waals surface area contributed by atoms with Crippen LogP contribution in [0.5, 0.6) is 5.75 Å². The van der Waals surface area contributed by atoms with Crippen molar-refractivity contribution in [3.05, 3.63) is 41.5 Å². The smallest absolute Gasteiger partial charge is 0.174 e. The van der Waals surface area contributed by atoms with Crippen LogP contribution < -0.4 is 4.74 Å². The monoisotopic (exact) mass is 285 g/mol. The third kappa shape index (κ3) is 2.29. The number of aliphatic hydroxyl groups is 1. The lowest BCUT2D eigenvalue weighted by atomic mass is 9.67. The second kappa shape index (κ2) is 5.11. The van der Waals surface area contributed by atoms with Crippen LogP contribution in [-0.2, 0) is 10.2 Å². The number of carbonyl (C=O) groups excluding carboxylic acids is 1. The van der Waals surface area contributed by atoms with Gasteiger partial charge < -0.3 is 9.84 Å². The van der Waals surface area contributed by atoms with Gasteiger partial charge in [0.15, 0.2) is 5.78 Å². The molecular formula is C17H19NO3. The molecule has 0 aromatic heterocycles. The van der Waals surface area contributed by atoms with Crippen LogP contribution in [0, 0.1) is 0 Å². The number of hydrogen-bond donors (Lipinski definition) is 1. The predicted molar refractivity (Wildman–Crippen MR) is 80.7 cm³/mol. The minimum Gasteiger partial charge on any atom is -0.497 e. The van der Waals surface area contributed by atoms with Crippen LogP contribution in [0.25, 0.3) is 0 Å². The van der Waals surface area contributed by atoms with Gasteiger partial charge >= 0.3 is 0 Å². The molecule has 4 heteroatoms. The van der Waals surface area contributed by atoms with Gasteiger partial charge in [-0.3, -0.25) is 9.79 Å². The SMILES string of the molecule is COc1cccc(C2(C)CCC3=NC(O)CC=C3C2=O)c1. The maximum absolute atomic E-state index is 12.9. The van der Waals surface area contributed by atoms with Crippen molar-refractivity contribution in [2.75, 3.05) is 7.11 Å². The van der Waals surface area contributed by atoms with Crippen molar-refractivity contribution in [2.24, 2.45) is 4.99 Å². The molecule has 3 rings (SSSR count). The molecule has 4 nitrogen and oxygen atoms in total. The van der Waals surface area contributed by atoms with E-state index < -0.39 is 11.6 Å². The molecule has 21 heavy (non-hydrogen) atoms. The molecule has 1 aromatic carbocycles. The number of Topliss-reactive ketones (excluding diaryl/α,β-unsaturated/α-hetero) is 1. The molecule has 2 aliphatic rings. The minimum absolute atomic E-state index is 0.0904. The quantitative estimate of drug-likeness (QED) is 0.907. The second-order valence-electron chi connectivity index (χ2n) is 5.80. The number of carbonyl (C=O) groups is 1. The van der Waals surface area contributed by atoms with Crippen molar-refractivity contribution >= 4 is 11.5 Å². The Labute approximate surface area is 124 Å². The van der Waals surface area contributed by atoms with Crippen molar-refractivity contribution < 1.29 is 14.6 Å². The van der Waals surface area contributed by atoms with Gasteiger partial charge in [-0.1, -0.05) is 18.2 Å². The van der Waals surface area contributed by atoms with Crippen molar-refractivity contribution in [1.29, 1.82) is 0 Å². The van der Waals surface area contributed by atoms with Crippen LogP contribution in [-0.4, -0.2) is 29.9 Å². The van der Waals surface area contributed by atoms with Crippen molar-refractivity contribution in [3.8, 4) is 5.75 Å². The van der Waals surface area contributed by atoms with Crippen molar-refractivity contribution in [1.82, 2.24) is 0 Å². The van der Waals surface area contributed by atoms with Crippen LogP contribution >= 0.6 is 0 Å². The number of dihydropyridines is 1. The van der Waals surface area contributed by atoms with Crippen LogP contribution in [0.4, 0.5) is 0 Å². The van der Waals surface area contributed by atoms with Crippen LogP contribution in [0.15, 0.2) is 40.9 Å². The number of methoxy groups -OCH3 is 1. The molecule has 2 atom stereocenters. The number of hydrogen-bond acceptors (Lipinski definition) is 4. The normalized spacial score (nSPS) is 28.5. The van der Waals surface area contributed by atoms with E-state index >= 15 is 0 Å². The number of fused-ring (bicyclic) bond motifs is 1. The predicted octanol–water partition coefficient (Wildman–Crippen LogP) is 2.41. The zero-order valence-corrected chi connectivity index (χ0v) is 12.3. The third-order valence-electron chi connectivity index (χ3n) is 4.46. The standard InChI is InChI=1S/C17H19NO3/c1-17(11-4-3-5-12(10-11)21-2)9-8-14-13(16(17)20)6-7-15(19)18-14/h3-6,10,15,19H,7-9H2,1-2H3. The van der Waals surface area contributed by atoms with Gasteiger partial charge in [0, 0.05) is 17.7 Å². The van der Waals surface area contributed by atoms with E-state index in [1.165, 1.54) is 0 Å². The highest BCUT2D eigenvalue weighted by molar-refractivity contribution is 6.27. The van der Waals surface area contributed by atoms with Gasteiger partial charge in [0.1, 0.15) is 12.0 Å². The highest BCUT2D eigenvalue weighted by atomic mass is 16.5. The highest BCUT2D eigenvalue weighted by Crippen LogP contribution is 2.40. The highest BCUT2D eigenvalue weighted by Gasteiger charge is 2.43. The number of aliphatic imine (C=N–C) groups is 1. The first-order valence-electron chi connectivity index (χ1n) is 7.19. The first kappa shape index (κ1) is 14.0. The Balaban J connectivity index is 1.99. The summed E-state index contributed by atoms with van der Waals surface area (Å²) in [4.78, 5) is 17.1. The first-order chi connectivity index (χ1) is 10.0. The third-order valence-corrected chi connectivity index (χ3v) is 4.46. The molecule has 0 spiro atoms. The van der Waals surface area contributed by atoms with Gasteiger partial charge in [-0.25, -0.2) is 0 Å². The second-order valence-corrected chi connectivity index (χ2v) is 5.80. The summed E-state index contributed by atoms with van der Waals surface area (Å²) in [5.41, 5.74) is 1.84. The van der Waals surface area contributed by atoms with E-state index in [9.17, 15) is 9.90 Å². The number of nitrogens with zero attached hydrogens (tertiary/aromatic N) is 1. The zero-order chi connectivity index (χ0) is 15.0. The van der Waals surface area contributed by atoms with Gasteiger partial charge in [0.25, 0.3) is 0 Å². The molecule has 0 radical (unpaired) electrons. The number of ether oxygens (including phenoxy) is 1. The fraction of sp³-hybridized carbons (Fsp3) is 0.412. The summed E-state index contributed by atoms with van der Waals surface area (Å²) < 4.78 is 5.26. The largest absolute Gasteiger partial charge is 0.497 e. The summed E-state index contributed by atoms with van der Waals surface area (Å²) in [6.07, 6.45) is 2.95. The van der Waals surface area contributed by atoms with Gasteiger partial charge in [0.2, 0.25) is 0 Å². The molecule has 0 saturated heterocycles. The maximum Gasteiger partial charge on any atom is 0.174 e. The van der Waals surface area contributed by atoms with Gasteiger partial charge in [-0.2, -0.15) is 0 Å². The number of rotatable bonds is 2. The molecule has 1 saturated carbocycles. The molecule has 110 valence electrons. The summed E-state index contributed by atoms with van der Waals surface area (Å²) in [6, 6.07) is 7.69. The summed E-state index contributed by atoms with van der Waals surface area (Å²) in [7, 11) is 1.62. The minimum atomic E-state index is -0.697. The Morgan fingerprint density at radius 1 is 1.43 bits per heavy atom. The van der Waals surface area contributed by atoms with E-state index in [1.54, 1.807) is 7.11 Å². The summed E-state index contributed by atoms with van der Waals surface area (Å²) in [5.74, 6) is 0.849. The number of allylic oxidation sites excluding steroid dienone is 1. The average molecular weight is 285 g/mol. The van der Waals surface area contributed by atoms with Crippen LogP contribution in [0.3, 0.4) is 0 Å². The number of aliphatic hydroxyl groups excluding tert-OH is 1. The van der Waals surface area contributed by atoms with Gasteiger partial charge in [-0.15, -0.1) is 0 Å². The molecule has 1 heterocycles. The van der Waals surface area contributed by atoms with E-state index in [2.05, 4.69) is 4.99 Å². The molecule has 0 amide bonds. The lowest BCUT2D eigenvalue weighted by Gasteiger charge is -2.36. The summed E-state index contributed by atoms with van der Waals surface area (Å²) in [5, 5.41) is 9.59. The Bertz CT molecular complexity index is 647. The van der Waals surface area contributed by atoms with E-state index in [0.29, 0.717) is 24.8 Å². The summed E-state index contributed by atoms with van der Waals surface area (Å²) >= 11 is 0. The molecular weight excluding hydrogens is 266 g/mol. The zero-order valence-electron chi connectivity index (χ0n) is 12.3. The lowest BCUT2D eigenvalue weighted by Crippen LogP contribution is -2.42. The first-order valence-corrected chi connectivity index (χ1v) is 7.19. The fourth-order valence-electron chi connectivity index (χ4n) is 3.09. The molecule has 1 aliphatic carbocycles. The fourth-order valence-corrected chi connectivity index (χ4v) is 3.09. The van der Waals surface area contributed by atoms with E-state index in [0.717, 1.165) is 17.0 Å². The molecule has 1 aromatic rings. The Kier molecular flexibility index (Phi) is 3.41. The van der Waals surface area contributed by atoms with Crippen LogP contribution in [0.1, 0.15) is 31.7 Å². The number of ketones is 1. The van der Waals surface area contributed by atoms with E-state index in [1.807, 2.05) is 37.3 Å². The van der Waals surface area contributed by atoms with Gasteiger partial charge in [-0.05, 0) is 37.5 Å². The van der Waals surface area contributed by atoms with E-state index in [-0.39, 0.29) is 5.78 Å². The van der Waals surface area contributed by atoms with Gasteiger partial charge in [0.05, 0.1) is 12.5 Å². The Hall–Kier alpha value is -1.94. The van der Waals surface area contributed by atoms with E-state index in [4.69, 9.17) is 4.74 Å². The average Bonchev–Trinajstić information content (AvgIpc) is 2.51. The van der Waals surface area contributed by atoms with Crippen molar-refractivity contribution in [3.63, 3.8) is 0 Å². The molecule has 1 aliphatic heterocycles. The van der Waals surface area contributed by atoms with Crippen molar-refractivity contribution in [2.45, 2.75) is 37.8 Å². The molecule has 1 N–H and O–H groups in total. The molecule has 1 fully saturated rings. The Morgan fingerprint density at radius 3 is 3.00 bits per heavy atom.